The number of hydrogen-bond acceptors (Lipinski definition) is 7. The van der Waals surface area contributed by atoms with Crippen molar-refractivity contribution in [3.8, 4) is 34.2 Å². The highest BCUT2D eigenvalue weighted by atomic mass is 32.2. The van der Waals surface area contributed by atoms with E-state index in [1.165, 1.54) is 19.4 Å². The molecule has 0 fully saturated rings. The summed E-state index contributed by atoms with van der Waals surface area (Å²) in [6, 6.07) is 20.6. The van der Waals surface area contributed by atoms with Crippen molar-refractivity contribution in [3.63, 3.8) is 0 Å². The molecule has 2 aromatic heterocycles. The Balaban J connectivity index is 1.55. The van der Waals surface area contributed by atoms with Gasteiger partial charge < -0.3 is 10.5 Å². The van der Waals surface area contributed by atoms with Crippen molar-refractivity contribution in [2.24, 2.45) is 0 Å². The maximum atomic E-state index is 14.2. The second-order valence-electron chi connectivity index (χ2n) is 8.82. The highest BCUT2D eigenvalue weighted by molar-refractivity contribution is 7.92. The van der Waals surface area contributed by atoms with Crippen LogP contribution in [-0.4, -0.2) is 25.5 Å². The number of ether oxygens (including phenoxy) is 1. The summed E-state index contributed by atoms with van der Waals surface area (Å²) in [4.78, 5) is 8.02. The van der Waals surface area contributed by atoms with E-state index in [1.807, 2.05) is 36.4 Å². The van der Waals surface area contributed by atoms with Crippen LogP contribution in [0.5, 0.6) is 5.88 Å². The number of sulfonamides is 1. The van der Waals surface area contributed by atoms with E-state index in [4.69, 9.17) is 15.7 Å². The molecule has 5 aromatic rings. The number of rotatable bonds is 7. The Morgan fingerprint density at radius 2 is 1.82 bits per heavy atom. The predicted octanol–water partition coefficient (Wildman–Crippen LogP) is 5.70. The number of aromatic nitrogens is 2. The van der Waals surface area contributed by atoms with Crippen LogP contribution in [0.2, 0.25) is 0 Å². The maximum Gasteiger partial charge on any atom is 0.264 e. The van der Waals surface area contributed by atoms with Crippen molar-refractivity contribution in [2.45, 2.75) is 11.3 Å². The summed E-state index contributed by atoms with van der Waals surface area (Å²) in [7, 11) is -3.11. The van der Waals surface area contributed by atoms with Gasteiger partial charge in [-0.25, -0.2) is 27.2 Å². The molecule has 0 spiro atoms. The Labute approximate surface area is 228 Å². The van der Waals surface area contributed by atoms with Crippen LogP contribution in [0.25, 0.3) is 33.2 Å². The topological polar surface area (TPSA) is 131 Å². The molecular weight excluding hydrogens is 536 g/mol. The zero-order valence-corrected chi connectivity index (χ0v) is 21.8. The fourth-order valence-corrected chi connectivity index (χ4v) is 5.39. The van der Waals surface area contributed by atoms with Gasteiger partial charge in [0.25, 0.3) is 10.0 Å². The van der Waals surface area contributed by atoms with Gasteiger partial charge in [0.1, 0.15) is 28.0 Å². The molecule has 0 aliphatic heterocycles. The van der Waals surface area contributed by atoms with Crippen molar-refractivity contribution in [1.82, 2.24) is 9.97 Å². The number of fused-ring (bicyclic) bond motifs is 1. The summed E-state index contributed by atoms with van der Waals surface area (Å²) in [6.07, 6.45) is 1.77. The fraction of sp³-hybridized carbons (Fsp3) is 0.0690. The molecule has 0 bridgehead atoms. The van der Waals surface area contributed by atoms with Gasteiger partial charge in [0.15, 0.2) is 0 Å². The Hall–Kier alpha value is -5.08. The van der Waals surface area contributed by atoms with E-state index in [0.29, 0.717) is 34.1 Å². The number of nitriles is 1. The number of halogens is 2. The normalized spacial score (nSPS) is 11.2. The third-order valence-electron chi connectivity index (χ3n) is 6.17. The molecular formula is C29H21F2N5O3S. The smallest absolute Gasteiger partial charge is 0.264 e. The minimum absolute atomic E-state index is 0.0331. The van der Waals surface area contributed by atoms with Crippen LogP contribution >= 0.6 is 0 Å². The van der Waals surface area contributed by atoms with Gasteiger partial charge in [-0.3, -0.25) is 4.72 Å². The quantitative estimate of drug-likeness (QED) is 0.262. The van der Waals surface area contributed by atoms with Gasteiger partial charge in [0.05, 0.1) is 25.1 Å². The maximum absolute atomic E-state index is 14.2. The number of pyridine rings is 2. The standard InChI is InChI=1S/C29H21F2N5O3S/c1-39-29-26(36-40(37,38)27-8-6-22(30)15-24(27)31)14-21(16-34-29)18-5-7-25-20(12-18)13-23(28(33)35-25)19-4-2-3-17(11-19)9-10-32/h2-8,11-16,36H,9H2,1H3,(H2,33,35). The SMILES string of the molecule is COc1ncc(-c2ccc3nc(N)c(-c4cccc(CC#N)c4)cc3c2)cc1NS(=O)(=O)c1ccc(F)cc1F. The largest absolute Gasteiger partial charge is 0.480 e. The lowest BCUT2D eigenvalue weighted by Crippen LogP contribution is -2.15. The van der Waals surface area contributed by atoms with Crippen LogP contribution < -0.4 is 15.2 Å². The average Bonchev–Trinajstić information content (AvgIpc) is 2.92. The van der Waals surface area contributed by atoms with Crippen LogP contribution in [0.4, 0.5) is 20.3 Å². The Morgan fingerprint density at radius 1 is 1.00 bits per heavy atom. The Kier molecular flexibility index (Phi) is 7.02. The molecule has 0 saturated heterocycles. The highest BCUT2D eigenvalue weighted by Gasteiger charge is 2.22. The molecule has 40 heavy (non-hydrogen) atoms. The van der Waals surface area contributed by atoms with Gasteiger partial charge in [-0.1, -0.05) is 24.3 Å². The Morgan fingerprint density at radius 3 is 2.58 bits per heavy atom. The number of nitrogens with zero attached hydrogens (tertiary/aromatic N) is 3. The number of methoxy groups -OCH3 is 1. The first kappa shape index (κ1) is 26.5. The lowest BCUT2D eigenvalue weighted by molar-refractivity contribution is 0.400. The van der Waals surface area contributed by atoms with E-state index < -0.39 is 26.6 Å². The predicted molar refractivity (Wildman–Crippen MR) is 148 cm³/mol. The van der Waals surface area contributed by atoms with E-state index in [2.05, 4.69) is 20.8 Å². The third-order valence-corrected chi connectivity index (χ3v) is 7.57. The average molecular weight is 558 g/mol. The minimum Gasteiger partial charge on any atom is -0.480 e. The monoisotopic (exact) mass is 557 g/mol. The molecule has 3 N–H and O–H groups in total. The molecule has 0 saturated carbocycles. The first-order chi connectivity index (χ1) is 19.2. The van der Waals surface area contributed by atoms with Crippen LogP contribution in [0.3, 0.4) is 0 Å². The molecule has 2 heterocycles. The summed E-state index contributed by atoms with van der Waals surface area (Å²) < 4.78 is 60.8. The highest BCUT2D eigenvalue weighted by Crippen LogP contribution is 2.34. The number of anilines is 2. The van der Waals surface area contributed by atoms with E-state index >= 15 is 0 Å². The van der Waals surface area contributed by atoms with Crippen molar-refractivity contribution in [3.05, 3.63) is 96.2 Å². The fourth-order valence-electron chi connectivity index (χ4n) is 4.28. The van der Waals surface area contributed by atoms with Crippen LogP contribution in [-0.2, 0) is 16.4 Å². The van der Waals surface area contributed by atoms with E-state index in [0.717, 1.165) is 28.6 Å². The van der Waals surface area contributed by atoms with Crippen molar-refractivity contribution in [1.29, 1.82) is 5.26 Å². The molecule has 200 valence electrons. The lowest BCUT2D eigenvalue weighted by atomic mass is 9.99. The Bertz CT molecular complexity index is 1920. The third kappa shape index (κ3) is 5.25. The summed E-state index contributed by atoms with van der Waals surface area (Å²) >= 11 is 0. The second-order valence-corrected chi connectivity index (χ2v) is 10.5. The molecule has 0 atom stereocenters. The van der Waals surface area contributed by atoms with Gasteiger partial charge in [-0.05, 0) is 59.2 Å². The summed E-state index contributed by atoms with van der Waals surface area (Å²) in [5.74, 6) is -1.83. The van der Waals surface area contributed by atoms with Gasteiger partial charge in [0, 0.05) is 28.8 Å². The molecule has 8 nitrogen and oxygen atoms in total. The van der Waals surface area contributed by atoms with Crippen molar-refractivity contribution >= 4 is 32.4 Å². The van der Waals surface area contributed by atoms with Gasteiger partial charge in [0.2, 0.25) is 5.88 Å². The number of benzene rings is 3. The molecule has 11 heteroatoms. The first-order valence-electron chi connectivity index (χ1n) is 11.9. The molecule has 3 aromatic carbocycles. The van der Waals surface area contributed by atoms with Gasteiger partial charge in [-0.2, -0.15) is 5.26 Å². The molecule has 0 unspecified atom stereocenters. The van der Waals surface area contributed by atoms with Crippen LogP contribution in [0.1, 0.15) is 5.56 Å². The van der Waals surface area contributed by atoms with Crippen molar-refractivity contribution < 1.29 is 21.9 Å². The molecule has 0 aliphatic rings. The lowest BCUT2D eigenvalue weighted by Gasteiger charge is -2.14. The molecule has 0 amide bonds. The molecule has 0 aliphatic carbocycles. The number of hydrogen-bond donors (Lipinski definition) is 2. The minimum atomic E-state index is -4.43. The summed E-state index contributed by atoms with van der Waals surface area (Å²) in [5.41, 5.74) is 10.5. The number of nitrogen functional groups attached to an aromatic ring is 1. The van der Waals surface area contributed by atoms with Crippen LogP contribution in [0, 0.1) is 23.0 Å². The van der Waals surface area contributed by atoms with Crippen LogP contribution in [0.15, 0.2) is 83.9 Å². The molecule has 5 rings (SSSR count). The van der Waals surface area contributed by atoms with E-state index in [9.17, 15) is 17.2 Å². The van der Waals surface area contributed by atoms with Gasteiger partial charge >= 0.3 is 0 Å². The number of nitrogens with two attached hydrogens (primary N) is 1. The molecule has 0 radical (unpaired) electrons. The zero-order valence-electron chi connectivity index (χ0n) is 21.0. The van der Waals surface area contributed by atoms with E-state index in [1.54, 1.807) is 12.1 Å². The number of nitrogens with one attached hydrogen (secondary N) is 1. The van der Waals surface area contributed by atoms with E-state index in [-0.39, 0.29) is 18.0 Å². The van der Waals surface area contributed by atoms with Crippen molar-refractivity contribution in [2.75, 3.05) is 17.6 Å². The first-order valence-corrected chi connectivity index (χ1v) is 13.4. The summed E-state index contributed by atoms with van der Waals surface area (Å²) in [6.45, 7) is 0. The zero-order chi connectivity index (χ0) is 28.4. The second kappa shape index (κ2) is 10.6. The van der Waals surface area contributed by atoms with Gasteiger partial charge in [-0.15, -0.1) is 0 Å². The summed E-state index contributed by atoms with van der Waals surface area (Å²) in [5, 5.41) is 9.81.